The van der Waals surface area contributed by atoms with E-state index in [2.05, 4.69) is 5.10 Å². The second-order valence-electron chi connectivity index (χ2n) is 5.82. The fraction of sp³-hybridized carbons (Fsp3) is 0.375. The summed E-state index contributed by atoms with van der Waals surface area (Å²) in [5, 5.41) is 14.1. The summed E-state index contributed by atoms with van der Waals surface area (Å²) in [5.74, 6) is -1.53. The molecule has 0 radical (unpaired) electrons. The summed E-state index contributed by atoms with van der Waals surface area (Å²) in [6, 6.07) is 4.06. The normalized spacial score (nSPS) is 21.0. The van der Waals surface area contributed by atoms with Gasteiger partial charge in [-0.2, -0.15) is 5.10 Å². The van der Waals surface area contributed by atoms with Crippen LogP contribution in [0.4, 0.5) is 8.78 Å². The average Bonchev–Trinajstić information content (AvgIpc) is 3.03. The van der Waals surface area contributed by atoms with Crippen molar-refractivity contribution in [1.29, 1.82) is 0 Å². The van der Waals surface area contributed by atoms with Gasteiger partial charge >= 0.3 is 0 Å². The Labute approximate surface area is 132 Å². The number of carbonyl (C=O) groups excluding carboxylic acids is 1. The predicted molar refractivity (Wildman–Crippen MR) is 78.7 cm³/mol. The third-order valence-electron chi connectivity index (χ3n) is 4.08. The minimum Gasteiger partial charge on any atom is -0.391 e. The molecule has 2 unspecified atom stereocenters. The van der Waals surface area contributed by atoms with Gasteiger partial charge in [0.05, 0.1) is 17.8 Å². The number of aliphatic hydroxyl groups excluding tert-OH is 1. The van der Waals surface area contributed by atoms with Crippen LogP contribution in [0.25, 0.3) is 0 Å². The lowest BCUT2D eigenvalue weighted by Crippen LogP contribution is -2.33. The van der Waals surface area contributed by atoms with Crippen molar-refractivity contribution in [2.75, 3.05) is 6.54 Å². The fourth-order valence-electron chi connectivity index (χ4n) is 3.06. The molecule has 1 aliphatic rings. The maximum Gasteiger partial charge on any atom is 0.272 e. The molecule has 1 aromatic heterocycles. The fourth-order valence-corrected chi connectivity index (χ4v) is 3.06. The molecule has 1 aliphatic heterocycles. The molecule has 23 heavy (non-hydrogen) atoms. The number of halogens is 2. The molecule has 1 fully saturated rings. The standard InChI is InChI=1S/C16H17F2N3O2/c1-9-5-15(20(2)19-9)16(23)21-8-11(22)7-14(21)12-6-10(17)3-4-13(12)18/h3-6,11,14,22H,7-8H2,1-2H3. The van der Waals surface area contributed by atoms with Gasteiger partial charge in [-0.1, -0.05) is 0 Å². The number of benzene rings is 1. The Balaban J connectivity index is 1.98. The highest BCUT2D eigenvalue weighted by atomic mass is 19.1. The van der Waals surface area contributed by atoms with Crippen molar-refractivity contribution in [2.45, 2.75) is 25.5 Å². The van der Waals surface area contributed by atoms with Gasteiger partial charge in [0.2, 0.25) is 0 Å². The zero-order valence-corrected chi connectivity index (χ0v) is 12.8. The molecule has 3 rings (SSSR count). The van der Waals surface area contributed by atoms with Crippen LogP contribution in [0, 0.1) is 18.6 Å². The van der Waals surface area contributed by atoms with E-state index in [4.69, 9.17) is 0 Å². The summed E-state index contributed by atoms with van der Waals surface area (Å²) in [7, 11) is 1.64. The van der Waals surface area contributed by atoms with Crippen molar-refractivity contribution in [3.63, 3.8) is 0 Å². The van der Waals surface area contributed by atoms with Crippen LogP contribution in [-0.2, 0) is 7.05 Å². The molecule has 2 atom stereocenters. The lowest BCUT2D eigenvalue weighted by atomic mass is 10.0. The van der Waals surface area contributed by atoms with E-state index in [-0.39, 0.29) is 24.4 Å². The van der Waals surface area contributed by atoms with Crippen molar-refractivity contribution < 1.29 is 18.7 Å². The molecule has 1 amide bonds. The van der Waals surface area contributed by atoms with Crippen molar-refractivity contribution >= 4 is 5.91 Å². The van der Waals surface area contributed by atoms with E-state index >= 15 is 0 Å². The minimum absolute atomic E-state index is 0.0731. The molecule has 2 aromatic rings. The first-order valence-electron chi connectivity index (χ1n) is 7.31. The second-order valence-corrected chi connectivity index (χ2v) is 5.82. The van der Waals surface area contributed by atoms with Gasteiger partial charge in [0.15, 0.2) is 0 Å². The van der Waals surface area contributed by atoms with Gasteiger partial charge < -0.3 is 10.0 Å². The molecule has 0 aliphatic carbocycles. The van der Waals surface area contributed by atoms with Crippen molar-refractivity contribution in [3.05, 3.63) is 52.9 Å². The number of aromatic nitrogens is 2. The van der Waals surface area contributed by atoms with Crippen LogP contribution in [0.5, 0.6) is 0 Å². The summed E-state index contributed by atoms with van der Waals surface area (Å²) in [6.07, 6.45) is -0.607. The third kappa shape index (κ3) is 2.84. The van der Waals surface area contributed by atoms with Crippen LogP contribution in [0.15, 0.2) is 24.3 Å². The topological polar surface area (TPSA) is 58.4 Å². The smallest absolute Gasteiger partial charge is 0.272 e. The molecule has 1 saturated heterocycles. The van der Waals surface area contributed by atoms with E-state index in [9.17, 15) is 18.7 Å². The Morgan fingerprint density at radius 3 is 2.74 bits per heavy atom. The Bertz CT molecular complexity index is 760. The number of aliphatic hydroxyl groups is 1. The first kappa shape index (κ1) is 15.6. The monoisotopic (exact) mass is 321 g/mol. The van der Waals surface area contributed by atoms with Crippen LogP contribution < -0.4 is 0 Å². The van der Waals surface area contributed by atoms with E-state index < -0.39 is 23.8 Å². The summed E-state index contributed by atoms with van der Waals surface area (Å²) in [5.41, 5.74) is 1.11. The SMILES string of the molecule is Cc1cc(C(=O)N2CC(O)CC2c2cc(F)ccc2F)n(C)n1. The molecular weight excluding hydrogens is 304 g/mol. The zero-order valence-electron chi connectivity index (χ0n) is 12.8. The van der Waals surface area contributed by atoms with Gasteiger partial charge in [0.25, 0.3) is 5.91 Å². The number of hydrogen-bond donors (Lipinski definition) is 1. The van der Waals surface area contributed by atoms with Gasteiger partial charge in [-0.25, -0.2) is 8.78 Å². The van der Waals surface area contributed by atoms with Crippen LogP contribution in [0.3, 0.4) is 0 Å². The highest BCUT2D eigenvalue weighted by Crippen LogP contribution is 2.35. The molecular formula is C16H17F2N3O2. The summed E-state index contributed by atoms with van der Waals surface area (Å²) in [6.45, 7) is 1.84. The first-order chi connectivity index (χ1) is 10.9. The third-order valence-corrected chi connectivity index (χ3v) is 4.08. The van der Waals surface area contributed by atoms with Crippen LogP contribution >= 0.6 is 0 Å². The molecule has 1 aromatic carbocycles. The molecule has 0 spiro atoms. The van der Waals surface area contributed by atoms with Crippen LogP contribution in [-0.4, -0.2) is 38.3 Å². The lowest BCUT2D eigenvalue weighted by Gasteiger charge is -2.25. The minimum atomic E-state index is -0.777. The Kier molecular flexibility index (Phi) is 3.89. The maximum atomic E-state index is 14.1. The molecule has 5 nitrogen and oxygen atoms in total. The van der Waals surface area contributed by atoms with Gasteiger partial charge in [0.1, 0.15) is 17.3 Å². The number of nitrogens with zero attached hydrogens (tertiary/aromatic N) is 3. The average molecular weight is 321 g/mol. The van der Waals surface area contributed by atoms with Gasteiger partial charge in [0, 0.05) is 19.2 Å². The first-order valence-corrected chi connectivity index (χ1v) is 7.31. The van der Waals surface area contributed by atoms with Gasteiger partial charge in [-0.15, -0.1) is 0 Å². The molecule has 0 saturated carbocycles. The van der Waals surface area contributed by atoms with E-state index in [1.54, 1.807) is 20.0 Å². The number of amides is 1. The summed E-state index contributed by atoms with van der Waals surface area (Å²) in [4.78, 5) is 14.1. The number of aryl methyl sites for hydroxylation is 2. The number of likely N-dealkylation sites (tertiary alicyclic amines) is 1. The molecule has 0 bridgehead atoms. The number of hydrogen-bond acceptors (Lipinski definition) is 3. The summed E-state index contributed by atoms with van der Waals surface area (Å²) >= 11 is 0. The lowest BCUT2D eigenvalue weighted by molar-refractivity contribution is 0.0702. The van der Waals surface area contributed by atoms with E-state index in [0.717, 1.165) is 18.2 Å². The largest absolute Gasteiger partial charge is 0.391 e. The highest BCUT2D eigenvalue weighted by Gasteiger charge is 2.38. The molecule has 122 valence electrons. The predicted octanol–water partition coefficient (Wildman–Crippen LogP) is 1.95. The van der Waals surface area contributed by atoms with Gasteiger partial charge in [-0.05, 0) is 37.6 Å². The Morgan fingerprint density at radius 1 is 1.35 bits per heavy atom. The molecule has 1 N–H and O–H groups in total. The Morgan fingerprint density at radius 2 is 2.09 bits per heavy atom. The van der Waals surface area contributed by atoms with Crippen molar-refractivity contribution in [3.8, 4) is 0 Å². The quantitative estimate of drug-likeness (QED) is 0.920. The van der Waals surface area contributed by atoms with Crippen LogP contribution in [0.2, 0.25) is 0 Å². The number of rotatable bonds is 2. The molecule has 7 heteroatoms. The number of carbonyl (C=O) groups is 1. The van der Waals surface area contributed by atoms with E-state index in [0.29, 0.717) is 11.4 Å². The van der Waals surface area contributed by atoms with Crippen molar-refractivity contribution in [2.24, 2.45) is 7.05 Å². The van der Waals surface area contributed by atoms with Crippen molar-refractivity contribution in [1.82, 2.24) is 14.7 Å². The Hall–Kier alpha value is -2.28. The highest BCUT2D eigenvalue weighted by molar-refractivity contribution is 5.93. The van der Waals surface area contributed by atoms with Gasteiger partial charge in [-0.3, -0.25) is 9.48 Å². The zero-order chi connectivity index (χ0) is 16.7. The molecule has 2 heterocycles. The summed E-state index contributed by atoms with van der Waals surface area (Å²) < 4.78 is 29.0. The van der Waals surface area contributed by atoms with Crippen LogP contribution in [0.1, 0.15) is 34.2 Å². The van der Waals surface area contributed by atoms with E-state index in [1.165, 1.54) is 9.58 Å². The second kappa shape index (κ2) is 5.73. The maximum absolute atomic E-state index is 14.1. The van der Waals surface area contributed by atoms with E-state index in [1.807, 2.05) is 0 Å². The number of β-amino-alcohol motifs (C(OH)–C–C–N with tert-alkyl or cyclic N) is 1.